The van der Waals surface area contributed by atoms with Crippen molar-refractivity contribution in [3.63, 3.8) is 0 Å². The number of hydrogen-bond acceptors (Lipinski definition) is 4. The molecule has 0 spiro atoms. The zero-order valence-corrected chi connectivity index (χ0v) is 15.8. The average molecular weight is 401 g/mol. The number of aryl methyl sites for hydroxylation is 1. The topological polar surface area (TPSA) is 71.1 Å². The lowest BCUT2D eigenvalue weighted by atomic mass is 10.2. The first-order valence-electron chi connectivity index (χ1n) is 8.50. The first kappa shape index (κ1) is 19.6. The number of carbonyl (C=O) groups excluding carboxylic acids is 2. The van der Waals surface area contributed by atoms with E-state index in [4.69, 9.17) is 0 Å². The third-order valence-corrected chi connectivity index (χ3v) is 5.20. The van der Waals surface area contributed by atoms with Gasteiger partial charge in [0.25, 0.3) is 0 Å². The van der Waals surface area contributed by atoms with Gasteiger partial charge in [0.05, 0.1) is 11.4 Å². The van der Waals surface area contributed by atoms with Crippen molar-refractivity contribution in [2.24, 2.45) is 0 Å². The van der Waals surface area contributed by atoms with Crippen LogP contribution in [0.1, 0.15) is 10.6 Å². The third-order valence-electron chi connectivity index (χ3n) is 3.93. The van der Waals surface area contributed by atoms with Crippen LogP contribution < -0.4 is 10.6 Å². The predicted octanol–water partition coefficient (Wildman–Crippen LogP) is 3.69. The SMILES string of the molecule is Cc1nc(-c2cccc(F)c2)sc1CCNC(=O)C(=O)Nc1ccccc1F. The number of halogens is 2. The van der Waals surface area contributed by atoms with Gasteiger partial charge in [-0.3, -0.25) is 9.59 Å². The van der Waals surface area contributed by atoms with Crippen LogP contribution in [0, 0.1) is 18.6 Å². The molecular formula is C20H17F2N3O2S. The Kier molecular flexibility index (Phi) is 6.10. The van der Waals surface area contributed by atoms with Crippen LogP contribution in [0.25, 0.3) is 10.6 Å². The van der Waals surface area contributed by atoms with Crippen molar-refractivity contribution in [3.8, 4) is 10.6 Å². The van der Waals surface area contributed by atoms with Crippen LogP contribution in [-0.4, -0.2) is 23.3 Å². The summed E-state index contributed by atoms with van der Waals surface area (Å²) >= 11 is 1.41. The fraction of sp³-hybridized carbons (Fsp3) is 0.150. The molecule has 0 aliphatic heterocycles. The molecule has 2 amide bonds. The van der Waals surface area contributed by atoms with E-state index in [2.05, 4.69) is 15.6 Å². The van der Waals surface area contributed by atoms with E-state index in [9.17, 15) is 18.4 Å². The molecule has 0 fully saturated rings. The molecule has 2 aromatic carbocycles. The van der Waals surface area contributed by atoms with E-state index in [0.29, 0.717) is 17.0 Å². The summed E-state index contributed by atoms with van der Waals surface area (Å²) in [5.74, 6) is -2.74. The van der Waals surface area contributed by atoms with Crippen molar-refractivity contribution >= 4 is 28.8 Å². The van der Waals surface area contributed by atoms with Crippen molar-refractivity contribution in [2.45, 2.75) is 13.3 Å². The second-order valence-electron chi connectivity index (χ2n) is 5.98. The van der Waals surface area contributed by atoms with Gasteiger partial charge in [0.1, 0.15) is 16.6 Å². The van der Waals surface area contributed by atoms with Gasteiger partial charge in [-0.15, -0.1) is 11.3 Å². The van der Waals surface area contributed by atoms with Crippen LogP contribution in [0.4, 0.5) is 14.5 Å². The molecule has 3 rings (SSSR count). The van der Waals surface area contributed by atoms with Gasteiger partial charge < -0.3 is 10.6 Å². The molecule has 0 aliphatic rings. The number of benzene rings is 2. The maximum Gasteiger partial charge on any atom is 0.313 e. The zero-order valence-electron chi connectivity index (χ0n) is 15.0. The molecule has 0 aliphatic carbocycles. The van der Waals surface area contributed by atoms with Crippen molar-refractivity contribution in [2.75, 3.05) is 11.9 Å². The molecular weight excluding hydrogens is 384 g/mol. The summed E-state index contributed by atoms with van der Waals surface area (Å²) in [5.41, 5.74) is 1.42. The van der Waals surface area contributed by atoms with Gasteiger partial charge in [0.15, 0.2) is 0 Å². The molecule has 0 radical (unpaired) electrons. The molecule has 0 atom stereocenters. The summed E-state index contributed by atoms with van der Waals surface area (Å²) in [5, 5.41) is 5.42. The van der Waals surface area contributed by atoms with Crippen molar-refractivity contribution < 1.29 is 18.4 Å². The predicted molar refractivity (Wildman–Crippen MR) is 104 cm³/mol. The molecule has 0 saturated carbocycles. The van der Waals surface area contributed by atoms with Gasteiger partial charge in [0.2, 0.25) is 0 Å². The number of para-hydroxylation sites is 1. The van der Waals surface area contributed by atoms with Crippen LogP contribution in [0.15, 0.2) is 48.5 Å². The Morgan fingerprint density at radius 1 is 1.07 bits per heavy atom. The summed E-state index contributed by atoms with van der Waals surface area (Å²) in [6.45, 7) is 2.05. The standard InChI is InChI=1S/C20H17F2N3O2S/c1-12-17(28-20(24-12)13-5-4-6-14(21)11-13)9-10-23-18(26)19(27)25-16-8-3-2-7-15(16)22/h2-8,11H,9-10H2,1H3,(H,23,26)(H,25,27). The molecule has 3 aromatic rings. The number of amides is 2. The van der Waals surface area contributed by atoms with Crippen molar-refractivity contribution in [1.82, 2.24) is 10.3 Å². The maximum atomic E-state index is 13.5. The highest BCUT2D eigenvalue weighted by Gasteiger charge is 2.16. The molecule has 144 valence electrons. The van der Waals surface area contributed by atoms with Gasteiger partial charge in [-0.2, -0.15) is 0 Å². The minimum atomic E-state index is -0.938. The van der Waals surface area contributed by atoms with Crippen LogP contribution in [0.5, 0.6) is 0 Å². The highest BCUT2D eigenvalue weighted by Crippen LogP contribution is 2.28. The second kappa shape index (κ2) is 8.71. The number of rotatable bonds is 5. The lowest BCUT2D eigenvalue weighted by Crippen LogP contribution is -2.36. The first-order chi connectivity index (χ1) is 13.4. The van der Waals surface area contributed by atoms with Crippen LogP contribution in [0.3, 0.4) is 0 Å². The van der Waals surface area contributed by atoms with Crippen LogP contribution in [0.2, 0.25) is 0 Å². The fourth-order valence-electron chi connectivity index (χ4n) is 2.52. The Morgan fingerprint density at radius 3 is 2.61 bits per heavy atom. The number of carbonyl (C=O) groups is 2. The fourth-order valence-corrected chi connectivity index (χ4v) is 3.57. The van der Waals surface area contributed by atoms with E-state index in [1.54, 1.807) is 18.2 Å². The molecule has 0 bridgehead atoms. The second-order valence-corrected chi connectivity index (χ2v) is 7.06. The van der Waals surface area contributed by atoms with Gasteiger partial charge in [-0.05, 0) is 31.2 Å². The van der Waals surface area contributed by atoms with E-state index in [-0.39, 0.29) is 18.0 Å². The highest BCUT2D eigenvalue weighted by atomic mass is 32.1. The van der Waals surface area contributed by atoms with Gasteiger partial charge >= 0.3 is 11.8 Å². The van der Waals surface area contributed by atoms with E-state index in [1.165, 1.54) is 41.7 Å². The summed E-state index contributed by atoms with van der Waals surface area (Å²) in [4.78, 5) is 29.1. The lowest BCUT2D eigenvalue weighted by Gasteiger charge is -2.07. The Labute approximate surface area is 164 Å². The Bertz CT molecular complexity index is 1020. The minimum absolute atomic E-state index is 0.0549. The van der Waals surface area contributed by atoms with E-state index in [1.807, 2.05) is 6.92 Å². The van der Waals surface area contributed by atoms with E-state index in [0.717, 1.165) is 10.6 Å². The van der Waals surface area contributed by atoms with Gasteiger partial charge in [-0.25, -0.2) is 13.8 Å². The van der Waals surface area contributed by atoms with E-state index >= 15 is 0 Å². The summed E-state index contributed by atoms with van der Waals surface area (Å²) < 4.78 is 26.9. The summed E-state index contributed by atoms with van der Waals surface area (Å²) in [7, 11) is 0. The molecule has 1 heterocycles. The lowest BCUT2D eigenvalue weighted by molar-refractivity contribution is -0.136. The zero-order chi connectivity index (χ0) is 20.1. The van der Waals surface area contributed by atoms with Crippen molar-refractivity contribution in [1.29, 1.82) is 0 Å². The Morgan fingerprint density at radius 2 is 1.86 bits per heavy atom. The Balaban J connectivity index is 1.55. The largest absolute Gasteiger partial charge is 0.347 e. The molecule has 2 N–H and O–H groups in total. The molecule has 1 aromatic heterocycles. The number of nitrogens with one attached hydrogen (secondary N) is 2. The number of thiazole rings is 1. The average Bonchev–Trinajstić information content (AvgIpc) is 3.04. The van der Waals surface area contributed by atoms with Crippen LogP contribution >= 0.6 is 11.3 Å². The summed E-state index contributed by atoms with van der Waals surface area (Å²) in [6.07, 6.45) is 0.470. The first-order valence-corrected chi connectivity index (χ1v) is 9.31. The number of aromatic nitrogens is 1. The molecule has 5 nitrogen and oxygen atoms in total. The normalized spacial score (nSPS) is 10.5. The third kappa shape index (κ3) is 4.77. The van der Waals surface area contributed by atoms with Gasteiger partial charge in [0, 0.05) is 23.4 Å². The maximum absolute atomic E-state index is 13.5. The van der Waals surface area contributed by atoms with Crippen molar-refractivity contribution in [3.05, 3.63) is 70.7 Å². The molecule has 8 heteroatoms. The monoisotopic (exact) mass is 401 g/mol. The number of hydrogen-bond donors (Lipinski definition) is 2. The summed E-state index contributed by atoms with van der Waals surface area (Å²) in [6, 6.07) is 11.8. The Hall–Kier alpha value is -3.13. The number of nitrogens with zero attached hydrogens (tertiary/aromatic N) is 1. The minimum Gasteiger partial charge on any atom is -0.347 e. The molecule has 0 saturated heterocycles. The molecule has 0 unspecified atom stereocenters. The van der Waals surface area contributed by atoms with E-state index < -0.39 is 17.6 Å². The molecule has 28 heavy (non-hydrogen) atoms. The van der Waals surface area contributed by atoms with Gasteiger partial charge in [-0.1, -0.05) is 24.3 Å². The quantitative estimate of drug-likeness (QED) is 0.641. The number of anilines is 1. The highest BCUT2D eigenvalue weighted by molar-refractivity contribution is 7.15. The van der Waals surface area contributed by atoms with Crippen LogP contribution in [-0.2, 0) is 16.0 Å². The smallest absolute Gasteiger partial charge is 0.313 e.